The van der Waals surface area contributed by atoms with E-state index >= 15 is 0 Å². The molecule has 1 amide bonds. The minimum Gasteiger partial charge on any atom is -0.352 e. The van der Waals surface area contributed by atoms with E-state index in [0.717, 1.165) is 22.4 Å². The van der Waals surface area contributed by atoms with Gasteiger partial charge in [-0.1, -0.05) is 72.3 Å². The van der Waals surface area contributed by atoms with Crippen molar-refractivity contribution in [1.82, 2.24) is 0 Å². The Kier molecular flexibility index (Phi) is 5.41. The van der Waals surface area contributed by atoms with Crippen LogP contribution in [0, 0.1) is 5.92 Å². The molecule has 1 N–H and O–H groups in total. The van der Waals surface area contributed by atoms with E-state index < -0.39 is 23.4 Å². The average molecular weight is 551 g/mol. The lowest BCUT2D eigenvalue weighted by Gasteiger charge is -2.39. The first-order valence-corrected chi connectivity index (χ1v) is 14.0. The van der Waals surface area contributed by atoms with Gasteiger partial charge < -0.3 is 10.2 Å². The fourth-order valence-electron chi connectivity index (χ4n) is 6.78. The molecule has 1 saturated heterocycles. The maximum Gasteiger partial charge on any atom is 0.238 e. The molecule has 0 bridgehead atoms. The fraction of sp³-hybridized carbons (Fsp3) is 0.156. The van der Waals surface area contributed by atoms with E-state index in [0.29, 0.717) is 21.2 Å². The van der Waals surface area contributed by atoms with Gasteiger partial charge in [0.05, 0.1) is 21.9 Å². The van der Waals surface area contributed by atoms with E-state index in [2.05, 4.69) is 11.4 Å². The molecule has 1 spiro atoms. The number of thiophene rings is 1. The molecule has 3 aromatic carbocycles. The highest BCUT2D eigenvalue weighted by atomic mass is 35.5. The predicted molar refractivity (Wildman–Crippen MR) is 155 cm³/mol. The van der Waals surface area contributed by atoms with Crippen molar-refractivity contribution in [1.29, 1.82) is 0 Å². The number of benzene rings is 3. The highest BCUT2D eigenvalue weighted by Gasteiger charge is 2.70. The Morgan fingerprint density at radius 2 is 1.67 bits per heavy atom. The Balaban J connectivity index is 1.57. The van der Waals surface area contributed by atoms with Crippen LogP contribution < -0.4 is 10.2 Å². The normalized spacial score (nSPS) is 24.6. The molecule has 0 radical (unpaired) electrons. The molecule has 0 unspecified atom stereocenters. The van der Waals surface area contributed by atoms with Gasteiger partial charge in [0.1, 0.15) is 11.5 Å². The van der Waals surface area contributed by atoms with E-state index in [-0.39, 0.29) is 17.5 Å². The second-order valence-corrected chi connectivity index (χ2v) is 11.6. The van der Waals surface area contributed by atoms with E-state index in [4.69, 9.17) is 11.6 Å². The number of allylic oxidation sites excluding steroid dienone is 1. The molecule has 39 heavy (non-hydrogen) atoms. The zero-order valence-electron chi connectivity index (χ0n) is 20.9. The largest absolute Gasteiger partial charge is 0.352 e. The molecule has 192 valence electrons. The molecule has 4 atom stereocenters. The first-order valence-electron chi connectivity index (χ1n) is 12.8. The Labute approximate surface area is 234 Å². The van der Waals surface area contributed by atoms with Crippen molar-refractivity contribution in [2.75, 3.05) is 10.2 Å². The van der Waals surface area contributed by atoms with Crippen LogP contribution in [0.2, 0.25) is 5.02 Å². The number of nitrogens with one attached hydrogen (secondary N) is 1. The van der Waals surface area contributed by atoms with Crippen molar-refractivity contribution < 1.29 is 14.4 Å². The van der Waals surface area contributed by atoms with Gasteiger partial charge in [0, 0.05) is 22.5 Å². The first-order chi connectivity index (χ1) is 18.9. The van der Waals surface area contributed by atoms with E-state index in [1.807, 2.05) is 71.8 Å². The number of Topliss-reactive ketones (excluding diaryl/α,β-unsaturated/α-hetero) is 2. The number of amides is 1. The Bertz CT molecular complexity index is 1710. The lowest BCUT2D eigenvalue weighted by molar-refractivity contribution is -0.121. The monoisotopic (exact) mass is 550 g/mol. The second kappa shape index (κ2) is 8.76. The SMILES string of the molecule is CC1=C[C@@H]2N(c3ccccc31)[C@H](C(=O)c1ccccc1Cl)[C@@H](C(=O)c1cccs1)[C@@]21C(=O)Nc2ccccc21. The van der Waals surface area contributed by atoms with E-state index in [9.17, 15) is 14.4 Å². The van der Waals surface area contributed by atoms with Crippen molar-refractivity contribution >= 4 is 57.4 Å². The number of rotatable bonds is 4. The van der Waals surface area contributed by atoms with Gasteiger partial charge in [-0.2, -0.15) is 0 Å². The molecule has 7 rings (SSSR count). The molecule has 3 aliphatic rings. The molecular formula is C32H23ClN2O3S. The number of hydrogen-bond donors (Lipinski definition) is 1. The summed E-state index contributed by atoms with van der Waals surface area (Å²) in [6, 6.07) is 24.3. The summed E-state index contributed by atoms with van der Waals surface area (Å²) >= 11 is 7.89. The third kappa shape index (κ3) is 3.22. The second-order valence-electron chi connectivity index (χ2n) is 10.2. The number of hydrogen-bond acceptors (Lipinski definition) is 5. The molecule has 0 saturated carbocycles. The molecule has 7 heteroatoms. The summed E-state index contributed by atoms with van der Waals surface area (Å²) in [4.78, 5) is 46.1. The first kappa shape index (κ1) is 24.1. The van der Waals surface area contributed by atoms with Crippen LogP contribution in [-0.4, -0.2) is 29.6 Å². The van der Waals surface area contributed by atoms with Gasteiger partial charge >= 0.3 is 0 Å². The quantitative estimate of drug-likeness (QED) is 0.289. The van der Waals surface area contributed by atoms with Crippen LogP contribution in [0.25, 0.3) is 5.57 Å². The third-order valence-corrected chi connectivity index (χ3v) is 9.55. The molecule has 0 aliphatic carbocycles. The summed E-state index contributed by atoms with van der Waals surface area (Å²) in [6.07, 6.45) is 2.05. The topological polar surface area (TPSA) is 66.5 Å². The summed E-state index contributed by atoms with van der Waals surface area (Å²) in [6.45, 7) is 2.02. The van der Waals surface area contributed by atoms with Crippen LogP contribution in [0.4, 0.5) is 11.4 Å². The van der Waals surface area contributed by atoms with Crippen molar-refractivity contribution in [3.05, 3.63) is 123 Å². The van der Waals surface area contributed by atoms with Gasteiger partial charge in [-0.25, -0.2) is 0 Å². The molecule has 1 aromatic heterocycles. The predicted octanol–water partition coefficient (Wildman–Crippen LogP) is 6.65. The summed E-state index contributed by atoms with van der Waals surface area (Å²) in [7, 11) is 0. The van der Waals surface area contributed by atoms with E-state index in [1.165, 1.54) is 11.3 Å². The van der Waals surface area contributed by atoms with Crippen LogP contribution in [-0.2, 0) is 10.2 Å². The number of ketones is 2. The van der Waals surface area contributed by atoms with Crippen LogP contribution >= 0.6 is 22.9 Å². The number of halogens is 1. The van der Waals surface area contributed by atoms with Crippen molar-refractivity contribution in [2.24, 2.45) is 5.92 Å². The van der Waals surface area contributed by atoms with Crippen LogP contribution in [0.3, 0.4) is 0 Å². The Morgan fingerprint density at radius 3 is 2.46 bits per heavy atom. The number of carbonyl (C=O) groups excluding carboxylic acids is 3. The van der Waals surface area contributed by atoms with Gasteiger partial charge in [0.15, 0.2) is 11.6 Å². The summed E-state index contributed by atoms with van der Waals surface area (Å²) < 4.78 is 0. The summed E-state index contributed by atoms with van der Waals surface area (Å²) in [5.41, 5.74) is 3.20. The van der Waals surface area contributed by atoms with Crippen molar-refractivity contribution in [3.63, 3.8) is 0 Å². The fourth-order valence-corrected chi connectivity index (χ4v) is 7.71. The lowest BCUT2D eigenvalue weighted by atomic mass is 9.64. The van der Waals surface area contributed by atoms with Crippen LogP contribution in [0.5, 0.6) is 0 Å². The number of nitrogens with zero attached hydrogens (tertiary/aromatic N) is 1. The van der Waals surface area contributed by atoms with E-state index in [1.54, 1.807) is 30.3 Å². The zero-order valence-corrected chi connectivity index (χ0v) is 22.5. The minimum absolute atomic E-state index is 0.222. The van der Waals surface area contributed by atoms with Gasteiger partial charge in [-0.15, -0.1) is 11.3 Å². The standard InChI is InChI=1S/C32H23ClN2O3S/c1-18-17-26-32(21-11-4-6-13-23(21)34-31(32)38)27(30(37)25-15-8-16-39-25)28(29(36)20-10-2-5-12-22(20)33)35(26)24-14-7-3-9-19(18)24/h2-17,26-28H,1H3,(H,34,38)/t26-,27-,28-,32-/m0/s1. The third-order valence-electron chi connectivity index (χ3n) is 8.34. The average Bonchev–Trinajstić information content (AvgIpc) is 3.66. The number of fused-ring (bicyclic) bond motifs is 6. The van der Waals surface area contributed by atoms with Crippen molar-refractivity contribution in [2.45, 2.75) is 24.4 Å². The number of anilines is 2. The number of carbonyl (C=O) groups is 3. The van der Waals surface area contributed by atoms with Crippen LogP contribution in [0.1, 0.15) is 38.1 Å². The van der Waals surface area contributed by atoms with Crippen LogP contribution in [0.15, 0.2) is 96.4 Å². The molecule has 1 fully saturated rings. The summed E-state index contributed by atoms with van der Waals surface area (Å²) in [5, 5.41) is 5.22. The maximum absolute atomic E-state index is 14.6. The minimum atomic E-state index is -1.33. The molecule has 5 nitrogen and oxygen atoms in total. The number of para-hydroxylation sites is 2. The molecule has 4 heterocycles. The highest BCUT2D eigenvalue weighted by molar-refractivity contribution is 7.12. The molecular weight excluding hydrogens is 528 g/mol. The van der Waals surface area contributed by atoms with Gasteiger partial charge in [0.25, 0.3) is 0 Å². The summed E-state index contributed by atoms with van der Waals surface area (Å²) in [5.74, 6) is -1.77. The van der Waals surface area contributed by atoms with Gasteiger partial charge in [-0.05, 0) is 53.8 Å². The smallest absolute Gasteiger partial charge is 0.238 e. The van der Waals surface area contributed by atoms with Crippen molar-refractivity contribution in [3.8, 4) is 0 Å². The van der Waals surface area contributed by atoms with Gasteiger partial charge in [-0.3, -0.25) is 14.4 Å². The Morgan fingerprint density at radius 1 is 0.923 bits per heavy atom. The zero-order chi connectivity index (χ0) is 26.9. The highest BCUT2D eigenvalue weighted by Crippen LogP contribution is 2.59. The lowest BCUT2D eigenvalue weighted by Crippen LogP contribution is -2.51. The van der Waals surface area contributed by atoms with Gasteiger partial charge in [0.2, 0.25) is 5.91 Å². The maximum atomic E-state index is 14.6. The molecule has 4 aromatic rings. The Hall–Kier alpha value is -4.00. The molecule has 3 aliphatic heterocycles.